The zero-order chi connectivity index (χ0) is 14.5. The summed E-state index contributed by atoms with van der Waals surface area (Å²) in [5.74, 6) is 1.70. The van der Waals surface area contributed by atoms with Crippen molar-refractivity contribution in [2.75, 3.05) is 30.8 Å². The Morgan fingerprint density at radius 2 is 2.25 bits per heavy atom. The third-order valence-corrected chi connectivity index (χ3v) is 4.05. The first kappa shape index (κ1) is 15.0. The van der Waals surface area contributed by atoms with Crippen LogP contribution in [0.4, 0.5) is 11.8 Å². The van der Waals surface area contributed by atoms with Crippen molar-refractivity contribution in [1.29, 1.82) is 0 Å². The molecule has 5 nitrogen and oxygen atoms in total. The van der Waals surface area contributed by atoms with E-state index in [0.29, 0.717) is 12.1 Å². The number of anilines is 2. The van der Waals surface area contributed by atoms with Gasteiger partial charge < -0.3 is 15.5 Å². The van der Waals surface area contributed by atoms with Crippen molar-refractivity contribution in [3.8, 4) is 0 Å². The summed E-state index contributed by atoms with van der Waals surface area (Å²) >= 11 is 0. The van der Waals surface area contributed by atoms with Crippen LogP contribution in [0.15, 0.2) is 6.20 Å². The average Bonchev–Trinajstić information content (AvgIpc) is 2.44. The van der Waals surface area contributed by atoms with Gasteiger partial charge in [0.05, 0.1) is 0 Å². The summed E-state index contributed by atoms with van der Waals surface area (Å²) in [6, 6.07) is 1.13. The van der Waals surface area contributed by atoms with Crippen LogP contribution in [0.5, 0.6) is 0 Å². The van der Waals surface area contributed by atoms with Gasteiger partial charge in [0.25, 0.3) is 0 Å². The third-order valence-electron chi connectivity index (χ3n) is 4.05. The number of rotatable bonds is 5. The third kappa shape index (κ3) is 3.82. The first-order valence-corrected chi connectivity index (χ1v) is 7.64. The van der Waals surface area contributed by atoms with Crippen LogP contribution >= 0.6 is 0 Å². The number of nitrogens with one attached hydrogen (secondary N) is 2. The SMILES string of the molecule is CCCNc1ncc(C)c(NC2CCN(C)C(C)C2)n1. The lowest BCUT2D eigenvalue weighted by Gasteiger charge is -2.35. The number of hydrogen-bond donors (Lipinski definition) is 2. The normalized spacial score (nSPS) is 23.6. The molecule has 0 saturated carbocycles. The van der Waals surface area contributed by atoms with E-state index in [9.17, 15) is 0 Å². The molecule has 0 aromatic carbocycles. The summed E-state index contributed by atoms with van der Waals surface area (Å²) in [4.78, 5) is 11.3. The standard InChI is InChI=1S/C15H27N5/c1-5-7-16-15-17-10-11(2)14(19-15)18-13-6-8-20(4)12(3)9-13/h10,12-13H,5-9H2,1-4H3,(H2,16,17,18,19). The molecule has 0 aliphatic carbocycles. The van der Waals surface area contributed by atoms with Crippen LogP contribution in [0.2, 0.25) is 0 Å². The molecule has 2 atom stereocenters. The molecule has 1 aliphatic rings. The Labute approximate surface area is 122 Å². The Hall–Kier alpha value is -1.36. The lowest BCUT2D eigenvalue weighted by Crippen LogP contribution is -2.42. The number of aryl methyl sites for hydroxylation is 1. The van der Waals surface area contributed by atoms with Crippen LogP contribution in [-0.4, -0.2) is 47.1 Å². The Kier molecular flexibility index (Phi) is 5.17. The maximum absolute atomic E-state index is 4.60. The van der Waals surface area contributed by atoms with Gasteiger partial charge in [0, 0.05) is 36.9 Å². The van der Waals surface area contributed by atoms with Crippen molar-refractivity contribution in [3.63, 3.8) is 0 Å². The van der Waals surface area contributed by atoms with Crippen molar-refractivity contribution in [1.82, 2.24) is 14.9 Å². The topological polar surface area (TPSA) is 53.1 Å². The van der Waals surface area contributed by atoms with E-state index in [2.05, 4.69) is 53.3 Å². The summed E-state index contributed by atoms with van der Waals surface area (Å²) in [5, 5.41) is 6.84. The molecule has 112 valence electrons. The fraction of sp³-hybridized carbons (Fsp3) is 0.733. The highest BCUT2D eigenvalue weighted by Gasteiger charge is 2.23. The van der Waals surface area contributed by atoms with Gasteiger partial charge in [-0.3, -0.25) is 0 Å². The molecule has 1 fully saturated rings. The molecule has 1 saturated heterocycles. The largest absolute Gasteiger partial charge is 0.367 e. The molecular formula is C15H27N5. The van der Waals surface area contributed by atoms with Gasteiger partial charge >= 0.3 is 0 Å². The first-order valence-electron chi connectivity index (χ1n) is 7.64. The van der Waals surface area contributed by atoms with E-state index in [4.69, 9.17) is 0 Å². The molecule has 0 radical (unpaired) electrons. The molecule has 2 rings (SSSR count). The molecule has 20 heavy (non-hydrogen) atoms. The van der Waals surface area contributed by atoms with Crippen LogP contribution in [0, 0.1) is 6.92 Å². The van der Waals surface area contributed by atoms with Gasteiger partial charge in [0.1, 0.15) is 5.82 Å². The van der Waals surface area contributed by atoms with Gasteiger partial charge in [-0.25, -0.2) is 4.98 Å². The van der Waals surface area contributed by atoms with Crippen LogP contribution in [0.25, 0.3) is 0 Å². The Morgan fingerprint density at radius 1 is 1.45 bits per heavy atom. The van der Waals surface area contributed by atoms with Gasteiger partial charge in [-0.1, -0.05) is 6.92 Å². The average molecular weight is 277 g/mol. The van der Waals surface area contributed by atoms with Gasteiger partial charge in [-0.05, 0) is 40.2 Å². The molecule has 0 spiro atoms. The first-order chi connectivity index (χ1) is 9.60. The quantitative estimate of drug-likeness (QED) is 0.866. The number of aromatic nitrogens is 2. The zero-order valence-electron chi connectivity index (χ0n) is 13.1. The van der Waals surface area contributed by atoms with Crippen molar-refractivity contribution >= 4 is 11.8 Å². The second-order valence-electron chi connectivity index (χ2n) is 5.85. The molecule has 2 heterocycles. The molecule has 2 unspecified atom stereocenters. The summed E-state index contributed by atoms with van der Waals surface area (Å²) in [5.41, 5.74) is 1.11. The Bertz CT molecular complexity index is 434. The van der Waals surface area contributed by atoms with E-state index in [1.807, 2.05) is 6.20 Å². The molecule has 2 N–H and O–H groups in total. The van der Waals surface area contributed by atoms with Crippen molar-refractivity contribution in [2.45, 2.75) is 52.1 Å². The van der Waals surface area contributed by atoms with Crippen LogP contribution in [0.3, 0.4) is 0 Å². The summed E-state index contributed by atoms with van der Waals surface area (Å²) in [7, 11) is 2.20. The minimum Gasteiger partial charge on any atom is -0.367 e. The zero-order valence-corrected chi connectivity index (χ0v) is 13.1. The number of hydrogen-bond acceptors (Lipinski definition) is 5. The van der Waals surface area contributed by atoms with Gasteiger partial charge in [0.15, 0.2) is 0 Å². The summed E-state index contributed by atoms with van der Waals surface area (Å²) in [6.07, 6.45) is 5.30. The van der Waals surface area contributed by atoms with E-state index < -0.39 is 0 Å². The second kappa shape index (κ2) is 6.88. The highest BCUT2D eigenvalue weighted by molar-refractivity contribution is 5.47. The molecule has 1 aromatic heterocycles. The minimum atomic E-state index is 0.508. The summed E-state index contributed by atoms with van der Waals surface area (Å²) < 4.78 is 0. The summed E-state index contributed by atoms with van der Waals surface area (Å²) in [6.45, 7) is 8.54. The van der Waals surface area contributed by atoms with Gasteiger partial charge in [0.2, 0.25) is 5.95 Å². The highest BCUT2D eigenvalue weighted by atomic mass is 15.2. The Morgan fingerprint density at radius 3 is 2.95 bits per heavy atom. The molecule has 0 bridgehead atoms. The monoisotopic (exact) mass is 277 g/mol. The van der Waals surface area contributed by atoms with Gasteiger partial charge in [-0.15, -0.1) is 0 Å². The molecule has 1 aliphatic heterocycles. The lowest BCUT2D eigenvalue weighted by atomic mass is 9.99. The lowest BCUT2D eigenvalue weighted by molar-refractivity contribution is 0.190. The van der Waals surface area contributed by atoms with Crippen LogP contribution in [-0.2, 0) is 0 Å². The number of nitrogens with zero attached hydrogens (tertiary/aromatic N) is 3. The fourth-order valence-electron chi connectivity index (χ4n) is 2.52. The van der Waals surface area contributed by atoms with Crippen LogP contribution < -0.4 is 10.6 Å². The van der Waals surface area contributed by atoms with Crippen molar-refractivity contribution in [2.24, 2.45) is 0 Å². The molecule has 0 amide bonds. The highest BCUT2D eigenvalue weighted by Crippen LogP contribution is 2.21. The second-order valence-corrected chi connectivity index (χ2v) is 5.85. The van der Waals surface area contributed by atoms with E-state index in [-0.39, 0.29) is 0 Å². The maximum atomic E-state index is 4.60. The predicted molar refractivity (Wildman–Crippen MR) is 84.3 cm³/mol. The van der Waals surface area contributed by atoms with E-state index >= 15 is 0 Å². The van der Waals surface area contributed by atoms with E-state index in [1.165, 1.54) is 6.42 Å². The molecule has 5 heteroatoms. The predicted octanol–water partition coefficient (Wildman–Crippen LogP) is 2.50. The smallest absolute Gasteiger partial charge is 0.224 e. The number of piperidine rings is 1. The van der Waals surface area contributed by atoms with Gasteiger partial charge in [-0.2, -0.15) is 4.98 Å². The van der Waals surface area contributed by atoms with E-state index in [0.717, 1.165) is 43.3 Å². The molecule has 1 aromatic rings. The van der Waals surface area contributed by atoms with Crippen LogP contribution in [0.1, 0.15) is 38.7 Å². The maximum Gasteiger partial charge on any atom is 0.224 e. The van der Waals surface area contributed by atoms with Crippen molar-refractivity contribution < 1.29 is 0 Å². The number of likely N-dealkylation sites (tertiary alicyclic amines) is 1. The molecular weight excluding hydrogens is 250 g/mol. The Balaban J connectivity index is 2.01. The fourth-order valence-corrected chi connectivity index (χ4v) is 2.52. The van der Waals surface area contributed by atoms with E-state index in [1.54, 1.807) is 0 Å². The minimum absolute atomic E-state index is 0.508. The van der Waals surface area contributed by atoms with Crippen molar-refractivity contribution in [3.05, 3.63) is 11.8 Å².